The lowest BCUT2D eigenvalue weighted by Crippen LogP contribution is -2.43. The highest BCUT2D eigenvalue weighted by Gasteiger charge is 2.44. The van der Waals surface area contributed by atoms with Gasteiger partial charge in [0.15, 0.2) is 9.84 Å². The molecule has 1 heterocycles. The first-order chi connectivity index (χ1) is 19.6. The number of carboxylic acid groups (broad SMARTS) is 1. The molecule has 1 aliphatic heterocycles. The number of sulfone groups is 1. The molecule has 0 radical (unpaired) electrons. The second kappa shape index (κ2) is 10.9. The van der Waals surface area contributed by atoms with E-state index in [9.17, 15) is 23.4 Å². The van der Waals surface area contributed by atoms with Crippen molar-refractivity contribution >= 4 is 15.8 Å². The Morgan fingerprint density at radius 2 is 1.63 bits per heavy atom. The third kappa shape index (κ3) is 6.21. The minimum absolute atomic E-state index is 0.00812. The van der Waals surface area contributed by atoms with E-state index in [1.54, 1.807) is 0 Å². The zero-order valence-electron chi connectivity index (χ0n) is 23.6. The molecule has 1 saturated heterocycles. The standard InChI is InChI=1S/C34H38O6S/c1-22-17-28(40-21-34(37)13-15-41(38,39)16-14-34)19-27-4-2-3-25-12-9-24(18-30(25)32(22)27)6-5-23-7-10-26(11-8-23)29-20-31(29)33(35)36/h7-12,17-19,29,31,37H,2-6,13-16,20-21H2,1H3,(H,35,36)/t29-,31+/m1/s1. The van der Waals surface area contributed by atoms with Crippen LogP contribution in [0.2, 0.25) is 0 Å². The van der Waals surface area contributed by atoms with Crippen LogP contribution in [0.3, 0.4) is 0 Å². The van der Waals surface area contributed by atoms with Gasteiger partial charge in [0, 0.05) is 0 Å². The summed E-state index contributed by atoms with van der Waals surface area (Å²) in [6, 6.07) is 19.5. The SMILES string of the molecule is Cc1cc(OCC2(O)CCS(=O)(=O)CC2)cc2c1-c1cc(CCc3ccc([C@H]4C[C@@H]4C(=O)O)cc3)ccc1CCC2. The molecule has 0 aromatic heterocycles. The summed E-state index contributed by atoms with van der Waals surface area (Å²) < 4.78 is 29.6. The highest BCUT2D eigenvalue weighted by Crippen LogP contribution is 2.47. The average molecular weight is 575 g/mol. The molecule has 6 nitrogen and oxygen atoms in total. The van der Waals surface area contributed by atoms with Gasteiger partial charge in [-0.1, -0.05) is 42.5 Å². The molecule has 0 spiro atoms. The Kier molecular flexibility index (Phi) is 7.45. The molecule has 0 bridgehead atoms. The number of hydrogen-bond acceptors (Lipinski definition) is 5. The van der Waals surface area contributed by atoms with Crippen LogP contribution in [-0.4, -0.2) is 48.3 Å². The van der Waals surface area contributed by atoms with Gasteiger partial charge in [0.1, 0.15) is 18.0 Å². The first-order valence-corrected chi connectivity index (χ1v) is 16.5. The fourth-order valence-electron chi connectivity index (χ4n) is 6.53. The molecule has 1 saturated carbocycles. The number of aliphatic hydroxyl groups is 1. The maximum absolute atomic E-state index is 11.8. The van der Waals surface area contributed by atoms with Gasteiger partial charge in [-0.2, -0.15) is 0 Å². The number of ether oxygens (including phenoxy) is 1. The molecular formula is C34H38O6S. The number of aryl methyl sites for hydroxylation is 5. The van der Waals surface area contributed by atoms with E-state index in [1.165, 1.54) is 33.4 Å². The quantitative estimate of drug-likeness (QED) is 0.372. The van der Waals surface area contributed by atoms with Crippen molar-refractivity contribution in [2.75, 3.05) is 18.1 Å². The minimum atomic E-state index is -3.05. The van der Waals surface area contributed by atoms with Crippen molar-refractivity contribution in [3.8, 4) is 16.9 Å². The maximum atomic E-state index is 11.8. The van der Waals surface area contributed by atoms with Crippen LogP contribution in [-0.2, 0) is 40.3 Å². The predicted octanol–water partition coefficient (Wildman–Crippen LogP) is 5.44. The van der Waals surface area contributed by atoms with E-state index in [2.05, 4.69) is 55.5 Å². The molecule has 0 amide bonds. The molecule has 7 heteroatoms. The molecule has 2 atom stereocenters. The van der Waals surface area contributed by atoms with Crippen molar-refractivity contribution in [2.45, 2.75) is 69.8 Å². The lowest BCUT2D eigenvalue weighted by molar-refractivity contribution is -0.138. The Bertz CT molecular complexity index is 1560. The lowest BCUT2D eigenvalue weighted by Gasteiger charge is -2.31. The van der Waals surface area contributed by atoms with Crippen LogP contribution in [0.1, 0.15) is 65.0 Å². The lowest BCUT2D eigenvalue weighted by atomic mass is 9.90. The third-order valence-corrected chi connectivity index (χ3v) is 10.9. The van der Waals surface area contributed by atoms with E-state index in [1.807, 2.05) is 6.07 Å². The molecule has 3 aliphatic rings. The summed E-state index contributed by atoms with van der Waals surface area (Å²) in [5.41, 5.74) is 8.90. The van der Waals surface area contributed by atoms with E-state index in [4.69, 9.17) is 4.74 Å². The molecule has 216 valence electrons. The van der Waals surface area contributed by atoms with Gasteiger partial charge in [-0.3, -0.25) is 4.79 Å². The molecule has 2 aliphatic carbocycles. The number of hydrogen-bond donors (Lipinski definition) is 2. The normalized spacial score (nSPS) is 22.2. The molecular weight excluding hydrogens is 536 g/mol. The van der Waals surface area contributed by atoms with Gasteiger partial charge in [-0.05, 0) is 121 Å². The van der Waals surface area contributed by atoms with Crippen molar-refractivity contribution in [2.24, 2.45) is 5.92 Å². The van der Waals surface area contributed by atoms with Gasteiger partial charge in [-0.25, -0.2) is 8.42 Å². The van der Waals surface area contributed by atoms with Crippen LogP contribution in [0.25, 0.3) is 11.1 Å². The van der Waals surface area contributed by atoms with Crippen molar-refractivity contribution in [1.29, 1.82) is 0 Å². The first-order valence-electron chi connectivity index (χ1n) is 14.7. The molecule has 0 unspecified atom stereocenters. The van der Waals surface area contributed by atoms with E-state index >= 15 is 0 Å². The number of carbonyl (C=O) groups is 1. The highest BCUT2D eigenvalue weighted by atomic mass is 32.2. The van der Waals surface area contributed by atoms with E-state index in [-0.39, 0.29) is 42.8 Å². The zero-order chi connectivity index (χ0) is 28.8. The van der Waals surface area contributed by atoms with Crippen molar-refractivity contribution in [1.82, 2.24) is 0 Å². The van der Waals surface area contributed by atoms with E-state index in [0.29, 0.717) is 0 Å². The van der Waals surface area contributed by atoms with Gasteiger partial charge in [0.25, 0.3) is 0 Å². The third-order valence-electron chi connectivity index (χ3n) is 9.21. The number of carboxylic acids is 1. The van der Waals surface area contributed by atoms with Crippen molar-refractivity contribution < 1.29 is 28.2 Å². The predicted molar refractivity (Wildman–Crippen MR) is 159 cm³/mol. The summed E-state index contributed by atoms with van der Waals surface area (Å²) in [6.07, 6.45) is 6.06. The fraction of sp³-hybridized carbons (Fsp3) is 0.441. The topological polar surface area (TPSA) is 101 Å². The minimum Gasteiger partial charge on any atom is -0.491 e. The maximum Gasteiger partial charge on any atom is 0.307 e. The van der Waals surface area contributed by atoms with Gasteiger partial charge in [0.05, 0.1) is 17.4 Å². The van der Waals surface area contributed by atoms with Crippen molar-refractivity contribution in [3.05, 3.63) is 88.0 Å². The number of fused-ring (bicyclic) bond motifs is 3. The van der Waals surface area contributed by atoms with Gasteiger partial charge >= 0.3 is 5.97 Å². The summed E-state index contributed by atoms with van der Waals surface area (Å²) in [7, 11) is -3.05. The second-order valence-corrected chi connectivity index (χ2v) is 14.6. The molecule has 2 fully saturated rings. The molecule has 6 rings (SSSR count). The monoisotopic (exact) mass is 574 g/mol. The zero-order valence-corrected chi connectivity index (χ0v) is 24.4. The fourth-order valence-corrected chi connectivity index (χ4v) is 8.11. The van der Waals surface area contributed by atoms with Gasteiger partial charge in [-0.15, -0.1) is 0 Å². The summed E-state index contributed by atoms with van der Waals surface area (Å²) in [5.74, 6) is -0.00939. The Morgan fingerprint density at radius 1 is 0.951 bits per heavy atom. The Morgan fingerprint density at radius 3 is 2.34 bits per heavy atom. The van der Waals surface area contributed by atoms with Crippen LogP contribution in [0.5, 0.6) is 5.75 Å². The number of rotatable bonds is 8. The van der Waals surface area contributed by atoms with Crippen LogP contribution in [0.15, 0.2) is 54.6 Å². The summed E-state index contributed by atoms with van der Waals surface area (Å²) >= 11 is 0. The summed E-state index contributed by atoms with van der Waals surface area (Å²) in [4.78, 5) is 11.2. The first kappa shape index (κ1) is 28.0. The Hall–Kier alpha value is -3.16. The Balaban J connectivity index is 1.15. The smallest absolute Gasteiger partial charge is 0.307 e. The molecule has 41 heavy (non-hydrogen) atoms. The molecule has 2 N–H and O–H groups in total. The van der Waals surface area contributed by atoms with E-state index < -0.39 is 21.4 Å². The van der Waals surface area contributed by atoms with Crippen LogP contribution < -0.4 is 4.74 Å². The highest BCUT2D eigenvalue weighted by molar-refractivity contribution is 7.91. The molecule has 3 aromatic rings. The van der Waals surface area contributed by atoms with Crippen molar-refractivity contribution in [3.63, 3.8) is 0 Å². The number of benzene rings is 3. The van der Waals surface area contributed by atoms with E-state index in [0.717, 1.165) is 55.4 Å². The average Bonchev–Trinajstić information content (AvgIpc) is 3.77. The van der Waals surface area contributed by atoms with Crippen LogP contribution >= 0.6 is 0 Å². The largest absolute Gasteiger partial charge is 0.491 e. The van der Waals surface area contributed by atoms with Gasteiger partial charge in [0.2, 0.25) is 0 Å². The second-order valence-electron chi connectivity index (χ2n) is 12.3. The number of aliphatic carboxylic acids is 1. The van der Waals surface area contributed by atoms with Gasteiger partial charge < -0.3 is 14.9 Å². The molecule has 3 aromatic carbocycles. The van der Waals surface area contributed by atoms with Crippen LogP contribution in [0.4, 0.5) is 0 Å². The van der Waals surface area contributed by atoms with Crippen LogP contribution in [0, 0.1) is 12.8 Å². The summed E-state index contributed by atoms with van der Waals surface area (Å²) in [6.45, 7) is 2.22. The summed E-state index contributed by atoms with van der Waals surface area (Å²) in [5, 5.41) is 20.1. The Labute approximate surface area is 242 Å².